The average Bonchev–Trinajstić information content (AvgIpc) is 2.66. The normalized spacial score (nSPS) is 13.7. The van der Waals surface area contributed by atoms with Crippen LogP contribution in [0.5, 0.6) is 0 Å². The highest BCUT2D eigenvalue weighted by molar-refractivity contribution is 14.1. The van der Waals surface area contributed by atoms with Crippen LogP contribution in [0.25, 0.3) is 10.8 Å². The van der Waals surface area contributed by atoms with Crippen molar-refractivity contribution >= 4 is 33.4 Å². The topological polar surface area (TPSA) is 29.5 Å². The van der Waals surface area contributed by atoms with Crippen molar-refractivity contribution in [2.75, 3.05) is 0 Å². The summed E-state index contributed by atoms with van der Waals surface area (Å²) in [7, 11) is 0. The summed E-state index contributed by atoms with van der Waals surface area (Å²) in [6.07, 6.45) is 0.881. The number of hydrogen-bond acceptors (Lipinski definition) is 2. The fraction of sp³-hybridized carbons (Fsp3) is 0.273. The largest absolute Gasteiger partial charge is 0.390 e. The number of benzene rings is 3. The standard InChI is InChI=1S/C22H23IO2/c1-16(25-15-17-7-3-2-4-8-17)22(24)14-12-20-19-10-6-5-9-18(19)11-13-21(20)23/h2-11,13,16,22,24H,12,14-15H2,1H3. The monoisotopic (exact) mass is 446 g/mol. The van der Waals surface area contributed by atoms with Crippen LogP contribution in [0, 0.1) is 3.57 Å². The summed E-state index contributed by atoms with van der Waals surface area (Å²) < 4.78 is 7.10. The summed E-state index contributed by atoms with van der Waals surface area (Å²) in [6, 6.07) is 22.8. The minimum absolute atomic E-state index is 0.187. The molecular formula is C22H23IO2. The summed E-state index contributed by atoms with van der Waals surface area (Å²) >= 11 is 2.38. The smallest absolute Gasteiger partial charge is 0.0810 e. The molecule has 2 unspecified atom stereocenters. The number of fused-ring (bicyclic) bond motifs is 1. The van der Waals surface area contributed by atoms with E-state index >= 15 is 0 Å². The second kappa shape index (κ2) is 8.79. The molecule has 0 spiro atoms. The van der Waals surface area contributed by atoms with Gasteiger partial charge in [-0.3, -0.25) is 0 Å². The van der Waals surface area contributed by atoms with Crippen molar-refractivity contribution in [1.82, 2.24) is 0 Å². The Hall–Kier alpha value is -1.43. The third kappa shape index (κ3) is 4.81. The average molecular weight is 446 g/mol. The maximum absolute atomic E-state index is 10.5. The van der Waals surface area contributed by atoms with Crippen LogP contribution < -0.4 is 0 Å². The predicted octanol–water partition coefficient (Wildman–Crippen LogP) is 5.34. The Morgan fingerprint density at radius 2 is 1.68 bits per heavy atom. The predicted molar refractivity (Wildman–Crippen MR) is 112 cm³/mol. The summed E-state index contributed by atoms with van der Waals surface area (Å²) in [5, 5.41) is 13.0. The molecule has 0 heterocycles. The molecular weight excluding hydrogens is 423 g/mol. The number of aliphatic hydroxyl groups is 1. The molecule has 0 amide bonds. The minimum Gasteiger partial charge on any atom is -0.390 e. The van der Waals surface area contributed by atoms with E-state index in [4.69, 9.17) is 4.74 Å². The maximum Gasteiger partial charge on any atom is 0.0810 e. The van der Waals surface area contributed by atoms with Crippen molar-refractivity contribution in [3.05, 3.63) is 81.4 Å². The Morgan fingerprint density at radius 3 is 2.48 bits per heavy atom. The molecule has 0 radical (unpaired) electrons. The van der Waals surface area contributed by atoms with Crippen molar-refractivity contribution in [3.8, 4) is 0 Å². The van der Waals surface area contributed by atoms with Gasteiger partial charge >= 0.3 is 0 Å². The second-order valence-corrected chi connectivity index (χ2v) is 7.52. The van der Waals surface area contributed by atoms with E-state index in [1.54, 1.807) is 0 Å². The number of rotatable bonds is 7. The fourth-order valence-corrected chi connectivity index (χ4v) is 3.74. The highest BCUT2D eigenvalue weighted by Crippen LogP contribution is 2.26. The molecule has 3 rings (SSSR count). The molecule has 2 atom stereocenters. The number of halogens is 1. The van der Waals surface area contributed by atoms with Crippen LogP contribution >= 0.6 is 22.6 Å². The Labute approximate surface area is 163 Å². The quantitative estimate of drug-likeness (QED) is 0.497. The molecule has 0 aliphatic heterocycles. The zero-order chi connectivity index (χ0) is 17.6. The molecule has 25 heavy (non-hydrogen) atoms. The van der Waals surface area contributed by atoms with Crippen molar-refractivity contribution in [1.29, 1.82) is 0 Å². The van der Waals surface area contributed by atoms with Crippen molar-refractivity contribution in [2.45, 2.75) is 38.6 Å². The number of aryl methyl sites for hydroxylation is 1. The summed E-state index contributed by atoms with van der Waals surface area (Å²) in [5.41, 5.74) is 2.44. The van der Waals surface area contributed by atoms with Gasteiger partial charge in [0.1, 0.15) is 0 Å². The zero-order valence-electron chi connectivity index (χ0n) is 14.4. The molecule has 0 saturated heterocycles. The van der Waals surface area contributed by atoms with E-state index in [9.17, 15) is 5.11 Å². The molecule has 0 bridgehead atoms. The first kappa shape index (κ1) is 18.4. The van der Waals surface area contributed by atoms with E-state index in [1.807, 2.05) is 37.3 Å². The third-order valence-corrected chi connectivity index (χ3v) is 5.58. The Bertz CT molecular complexity index is 817. The lowest BCUT2D eigenvalue weighted by Gasteiger charge is -2.20. The summed E-state index contributed by atoms with van der Waals surface area (Å²) in [5.74, 6) is 0. The van der Waals surface area contributed by atoms with Gasteiger partial charge in [-0.15, -0.1) is 0 Å². The van der Waals surface area contributed by atoms with Gasteiger partial charge in [0.25, 0.3) is 0 Å². The Morgan fingerprint density at radius 1 is 0.960 bits per heavy atom. The van der Waals surface area contributed by atoms with E-state index in [2.05, 4.69) is 59.0 Å². The number of ether oxygens (including phenoxy) is 1. The SMILES string of the molecule is CC(OCc1ccccc1)C(O)CCc1c(I)ccc2ccccc12. The van der Waals surface area contributed by atoms with Crippen LogP contribution in [0.3, 0.4) is 0 Å². The molecule has 1 N–H and O–H groups in total. The van der Waals surface area contributed by atoms with Crippen LogP contribution in [0.4, 0.5) is 0 Å². The molecule has 2 nitrogen and oxygen atoms in total. The van der Waals surface area contributed by atoms with E-state index in [0.29, 0.717) is 13.0 Å². The molecule has 3 aromatic carbocycles. The molecule has 0 aliphatic carbocycles. The van der Waals surface area contributed by atoms with Gasteiger partial charge in [-0.2, -0.15) is 0 Å². The van der Waals surface area contributed by atoms with Crippen LogP contribution in [0.1, 0.15) is 24.5 Å². The molecule has 0 aliphatic rings. The summed E-state index contributed by atoms with van der Waals surface area (Å²) in [6.45, 7) is 2.48. The molecule has 130 valence electrons. The van der Waals surface area contributed by atoms with Gasteiger partial charge in [-0.25, -0.2) is 0 Å². The zero-order valence-corrected chi connectivity index (χ0v) is 16.5. The van der Waals surface area contributed by atoms with Crippen molar-refractivity contribution < 1.29 is 9.84 Å². The minimum atomic E-state index is -0.474. The maximum atomic E-state index is 10.5. The van der Waals surface area contributed by atoms with Gasteiger partial charge in [-0.1, -0.05) is 60.7 Å². The first-order valence-electron chi connectivity index (χ1n) is 8.65. The Kier molecular flexibility index (Phi) is 6.45. The lowest BCUT2D eigenvalue weighted by Crippen LogP contribution is -2.26. The lowest BCUT2D eigenvalue weighted by atomic mass is 9.98. The molecule has 0 aromatic heterocycles. The summed E-state index contributed by atoms with van der Waals surface area (Å²) in [4.78, 5) is 0. The van der Waals surface area contributed by atoms with Crippen LogP contribution in [0.2, 0.25) is 0 Å². The van der Waals surface area contributed by atoms with Gasteiger partial charge in [0.15, 0.2) is 0 Å². The van der Waals surface area contributed by atoms with E-state index in [1.165, 1.54) is 19.9 Å². The molecule has 3 aromatic rings. The van der Waals surface area contributed by atoms with Crippen LogP contribution in [0.15, 0.2) is 66.7 Å². The first-order chi connectivity index (χ1) is 12.1. The molecule has 0 saturated carbocycles. The van der Waals surface area contributed by atoms with Gasteiger partial charge < -0.3 is 9.84 Å². The second-order valence-electron chi connectivity index (χ2n) is 6.35. The van der Waals surface area contributed by atoms with Gasteiger partial charge in [0.05, 0.1) is 18.8 Å². The van der Waals surface area contributed by atoms with Crippen molar-refractivity contribution in [3.63, 3.8) is 0 Å². The van der Waals surface area contributed by atoms with Crippen LogP contribution in [-0.2, 0) is 17.8 Å². The van der Waals surface area contributed by atoms with E-state index in [0.717, 1.165) is 12.0 Å². The fourth-order valence-electron chi connectivity index (χ4n) is 3.00. The highest BCUT2D eigenvalue weighted by atomic mass is 127. The van der Waals surface area contributed by atoms with E-state index in [-0.39, 0.29) is 6.10 Å². The van der Waals surface area contributed by atoms with Gasteiger partial charge in [-0.05, 0) is 70.3 Å². The van der Waals surface area contributed by atoms with Gasteiger partial charge in [0.2, 0.25) is 0 Å². The van der Waals surface area contributed by atoms with Crippen LogP contribution in [-0.4, -0.2) is 17.3 Å². The van der Waals surface area contributed by atoms with Crippen molar-refractivity contribution in [2.24, 2.45) is 0 Å². The Balaban J connectivity index is 1.60. The molecule has 0 fully saturated rings. The number of hydrogen-bond donors (Lipinski definition) is 1. The third-order valence-electron chi connectivity index (χ3n) is 4.57. The van der Waals surface area contributed by atoms with Gasteiger partial charge in [0, 0.05) is 3.57 Å². The highest BCUT2D eigenvalue weighted by Gasteiger charge is 2.16. The number of aliphatic hydroxyl groups excluding tert-OH is 1. The lowest BCUT2D eigenvalue weighted by molar-refractivity contribution is -0.0377. The first-order valence-corrected chi connectivity index (χ1v) is 9.73. The molecule has 3 heteroatoms. The van der Waals surface area contributed by atoms with E-state index < -0.39 is 6.10 Å².